The lowest BCUT2D eigenvalue weighted by Crippen LogP contribution is -2.33. The number of aromatic nitrogens is 2. The van der Waals surface area contributed by atoms with Crippen molar-refractivity contribution in [2.75, 3.05) is 18.0 Å². The quantitative estimate of drug-likeness (QED) is 0.728. The molecular weight excluding hydrogens is 286 g/mol. The molecule has 1 fully saturated rings. The fourth-order valence-electron chi connectivity index (χ4n) is 3.26. The summed E-state index contributed by atoms with van der Waals surface area (Å²) >= 11 is 0. The lowest BCUT2D eigenvalue weighted by Gasteiger charge is -2.28. The topological polar surface area (TPSA) is 38.1 Å². The molecule has 116 valence electrons. The van der Waals surface area contributed by atoms with Crippen LogP contribution in [0.25, 0.3) is 22.4 Å². The zero-order chi connectivity index (χ0) is 15.8. The van der Waals surface area contributed by atoms with Crippen molar-refractivity contribution in [1.29, 1.82) is 0 Å². The molecule has 0 saturated carbocycles. The second-order valence-electron chi connectivity index (χ2n) is 6.06. The number of carbonyl (C=O) groups excluding carboxylic acids is 1. The maximum atomic E-state index is 11.4. The lowest BCUT2D eigenvalue weighted by molar-refractivity contribution is -0.119. The Morgan fingerprint density at radius 2 is 1.78 bits per heavy atom. The maximum Gasteiger partial charge on any atom is 0.140 e. The molecule has 1 aliphatic heterocycles. The van der Waals surface area contributed by atoms with E-state index < -0.39 is 0 Å². The van der Waals surface area contributed by atoms with E-state index in [0.717, 1.165) is 35.5 Å². The van der Waals surface area contributed by atoms with Crippen molar-refractivity contribution in [1.82, 2.24) is 9.55 Å². The Morgan fingerprint density at radius 3 is 2.57 bits per heavy atom. The minimum absolute atomic E-state index is 0.368. The van der Waals surface area contributed by atoms with Crippen molar-refractivity contribution in [3.8, 4) is 11.4 Å². The van der Waals surface area contributed by atoms with E-state index in [1.807, 2.05) is 18.2 Å². The molecule has 0 radical (unpaired) electrons. The fraction of sp³-hybridized carbons (Fsp3) is 0.263. The zero-order valence-corrected chi connectivity index (χ0v) is 13.2. The zero-order valence-electron chi connectivity index (χ0n) is 13.2. The SMILES string of the molecule is Cn1c(-c2cccc(N3CCC(=O)CC3)c2)nc2ccccc21. The minimum Gasteiger partial charge on any atom is -0.371 e. The summed E-state index contributed by atoms with van der Waals surface area (Å²) in [5.41, 5.74) is 4.43. The predicted octanol–water partition coefficient (Wildman–Crippen LogP) is 3.41. The molecule has 3 aromatic rings. The molecule has 0 spiro atoms. The van der Waals surface area contributed by atoms with Crippen molar-refractivity contribution < 1.29 is 4.79 Å². The van der Waals surface area contributed by atoms with Gasteiger partial charge in [-0.05, 0) is 24.3 Å². The Labute approximate surface area is 135 Å². The average molecular weight is 305 g/mol. The third kappa shape index (κ3) is 2.50. The number of rotatable bonds is 2. The molecule has 1 aromatic heterocycles. The van der Waals surface area contributed by atoms with Gasteiger partial charge in [0.1, 0.15) is 11.6 Å². The highest BCUT2D eigenvalue weighted by Gasteiger charge is 2.17. The summed E-state index contributed by atoms with van der Waals surface area (Å²) in [6.45, 7) is 1.62. The van der Waals surface area contributed by atoms with Crippen LogP contribution < -0.4 is 4.90 Å². The van der Waals surface area contributed by atoms with Crippen LogP contribution >= 0.6 is 0 Å². The van der Waals surface area contributed by atoms with Crippen LogP contribution in [0, 0.1) is 0 Å². The number of imidazole rings is 1. The summed E-state index contributed by atoms with van der Waals surface area (Å²) in [7, 11) is 2.05. The molecule has 0 N–H and O–H groups in total. The molecule has 23 heavy (non-hydrogen) atoms. The van der Waals surface area contributed by atoms with E-state index in [-0.39, 0.29) is 0 Å². The molecule has 0 aliphatic carbocycles. The van der Waals surface area contributed by atoms with Crippen LogP contribution in [0.5, 0.6) is 0 Å². The van der Waals surface area contributed by atoms with Crippen LogP contribution in [-0.4, -0.2) is 28.4 Å². The summed E-state index contributed by atoms with van der Waals surface area (Å²) in [6, 6.07) is 16.6. The number of aryl methyl sites for hydroxylation is 1. The molecule has 1 saturated heterocycles. The Morgan fingerprint density at radius 1 is 1.00 bits per heavy atom. The highest BCUT2D eigenvalue weighted by atomic mass is 16.1. The van der Waals surface area contributed by atoms with Gasteiger partial charge in [-0.1, -0.05) is 24.3 Å². The van der Waals surface area contributed by atoms with E-state index in [9.17, 15) is 4.79 Å². The van der Waals surface area contributed by atoms with Gasteiger partial charge in [-0.25, -0.2) is 4.98 Å². The second-order valence-corrected chi connectivity index (χ2v) is 6.06. The van der Waals surface area contributed by atoms with Gasteiger partial charge in [-0.3, -0.25) is 4.79 Å². The van der Waals surface area contributed by atoms with Crippen molar-refractivity contribution in [2.45, 2.75) is 12.8 Å². The molecular formula is C19H19N3O. The smallest absolute Gasteiger partial charge is 0.140 e. The number of benzene rings is 2. The van der Waals surface area contributed by atoms with Gasteiger partial charge in [-0.15, -0.1) is 0 Å². The Hall–Kier alpha value is -2.62. The number of nitrogens with zero attached hydrogens (tertiary/aromatic N) is 3. The fourth-order valence-corrected chi connectivity index (χ4v) is 3.26. The first-order chi connectivity index (χ1) is 11.2. The van der Waals surface area contributed by atoms with Gasteiger partial charge in [0.2, 0.25) is 0 Å². The highest BCUT2D eigenvalue weighted by molar-refractivity contribution is 5.82. The summed E-state index contributed by atoms with van der Waals surface area (Å²) in [4.78, 5) is 18.5. The van der Waals surface area contributed by atoms with Crippen LogP contribution in [0.15, 0.2) is 48.5 Å². The number of piperidine rings is 1. The van der Waals surface area contributed by atoms with E-state index in [1.165, 1.54) is 5.69 Å². The largest absolute Gasteiger partial charge is 0.371 e. The first-order valence-corrected chi connectivity index (χ1v) is 8.01. The Bertz CT molecular complexity index is 871. The van der Waals surface area contributed by atoms with Crippen LogP contribution in [0.3, 0.4) is 0 Å². The number of ketones is 1. The van der Waals surface area contributed by atoms with Crippen LogP contribution in [0.1, 0.15) is 12.8 Å². The van der Waals surface area contributed by atoms with Gasteiger partial charge in [0, 0.05) is 44.2 Å². The Kier molecular flexibility index (Phi) is 3.37. The van der Waals surface area contributed by atoms with Crippen LogP contribution in [0.2, 0.25) is 0 Å². The van der Waals surface area contributed by atoms with E-state index in [1.54, 1.807) is 0 Å². The standard InChI is InChI=1S/C19H19N3O/c1-21-18-8-3-2-7-17(18)20-19(21)14-5-4-6-15(13-14)22-11-9-16(23)10-12-22/h2-8,13H,9-12H2,1H3. The molecule has 0 bridgehead atoms. The third-order valence-electron chi connectivity index (χ3n) is 4.58. The maximum absolute atomic E-state index is 11.4. The summed E-state index contributed by atoms with van der Waals surface area (Å²) in [6.07, 6.45) is 1.30. The molecule has 0 amide bonds. The molecule has 2 heterocycles. The van der Waals surface area contributed by atoms with Crippen molar-refractivity contribution in [3.63, 3.8) is 0 Å². The van der Waals surface area contributed by atoms with Crippen LogP contribution in [0.4, 0.5) is 5.69 Å². The number of Topliss-reactive ketones (excluding diaryl/α,β-unsaturated/α-hetero) is 1. The summed E-state index contributed by atoms with van der Waals surface area (Å²) in [5, 5.41) is 0. The predicted molar refractivity (Wildman–Crippen MR) is 92.6 cm³/mol. The van der Waals surface area contributed by atoms with E-state index in [2.05, 4.69) is 46.8 Å². The second kappa shape index (κ2) is 5.54. The number of hydrogen-bond donors (Lipinski definition) is 0. The summed E-state index contributed by atoms with van der Waals surface area (Å²) in [5.74, 6) is 1.34. The van der Waals surface area contributed by atoms with Gasteiger partial charge < -0.3 is 9.47 Å². The third-order valence-corrected chi connectivity index (χ3v) is 4.58. The first kappa shape index (κ1) is 14.0. The van der Waals surface area contributed by atoms with Crippen molar-refractivity contribution in [2.24, 2.45) is 7.05 Å². The van der Waals surface area contributed by atoms with Gasteiger partial charge in [-0.2, -0.15) is 0 Å². The van der Waals surface area contributed by atoms with Crippen molar-refractivity contribution >= 4 is 22.5 Å². The molecule has 4 nitrogen and oxygen atoms in total. The van der Waals surface area contributed by atoms with E-state index in [0.29, 0.717) is 18.6 Å². The van der Waals surface area contributed by atoms with Crippen LogP contribution in [-0.2, 0) is 11.8 Å². The molecule has 2 aromatic carbocycles. The molecule has 0 atom stereocenters. The van der Waals surface area contributed by atoms with Crippen molar-refractivity contribution in [3.05, 3.63) is 48.5 Å². The van der Waals surface area contributed by atoms with Gasteiger partial charge in [0.15, 0.2) is 0 Å². The number of anilines is 1. The Balaban J connectivity index is 1.73. The monoisotopic (exact) mass is 305 g/mol. The molecule has 1 aliphatic rings. The normalized spacial score (nSPS) is 15.3. The van der Waals surface area contributed by atoms with E-state index >= 15 is 0 Å². The first-order valence-electron chi connectivity index (χ1n) is 8.01. The molecule has 4 rings (SSSR count). The molecule has 0 unspecified atom stereocenters. The van der Waals surface area contributed by atoms with Gasteiger partial charge in [0.25, 0.3) is 0 Å². The number of carbonyl (C=O) groups is 1. The lowest BCUT2D eigenvalue weighted by atomic mass is 10.1. The molecule has 4 heteroatoms. The summed E-state index contributed by atoms with van der Waals surface area (Å²) < 4.78 is 2.13. The highest BCUT2D eigenvalue weighted by Crippen LogP contribution is 2.27. The number of hydrogen-bond acceptors (Lipinski definition) is 3. The average Bonchev–Trinajstić information content (AvgIpc) is 2.93. The minimum atomic E-state index is 0.368. The van der Waals surface area contributed by atoms with Gasteiger partial charge in [0.05, 0.1) is 11.0 Å². The van der Waals surface area contributed by atoms with E-state index in [4.69, 9.17) is 4.98 Å². The number of fused-ring (bicyclic) bond motifs is 1. The van der Waals surface area contributed by atoms with Gasteiger partial charge >= 0.3 is 0 Å². The number of para-hydroxylation sites is 2.